The first kappa shape index (κ1) is 20.1. The molecular formula is C19H18N4O5S. The Balaban J connectivity index is 1.63. The van der Waals surface area contributed by atoms with Crippen molar-refractivity contribution in [3.8, 4) is 11.5 Å². The number of carbonyl (C=O) groups excluding carboxylic acids is 2. The first-order chi connectivity index (χ1) is 14.0. The zero-order valence-corrected chi connectivity index (χ0v) is 16.5. The average Bonchev–Trinajstić information content (AvgIpc) is 3.14. The molecule has 10 heteroatoms. The van der Waals surface area contributed by atoms with E-state index in [-0.39, 0.29) is 17.9 Å². The van der Waals surface area contributed by atoms with Gasteiger partial charge in [-0.2, -0.15) is 0 Å². The van der Waals surface area contributed by atoms with Crippen LogP contribution in [0.1, 0.15) is 16.1 Å². The highest BCUT2D eigenvalue weighted by atomic mass is 32.1. The van der Waals surface area contributed by atoms with Gasteiger partial charge in [-0.15, -0.1) is 11.3 Å². The average molecular weight is 414 g/mol. The summed E-state index contributed by atoms with van der Waals surface area (Å²) in [7, 11) is 3.04. The fraction of sp³-hybridized carbons (Fsp3) is 0.158. The number of anilines is 2. The lowest BCUT2D eigenvalue weighted by Gasteiger charge is -2.11. The van der Waals surface area contributed by atoms with Gasteiger partial charge in [0.1, 0.15) is 17.1 Å². The number of H-pyrrole nitrogens is 1. The van der Waals surface area contributed by atoms with Crippen molar-refractivity contribution in [1.29, 1.82) is 0 Å². The van der Waals surface area contributed by atoms with Crippen LogP contribution in [0.4, 0.5) is 10.8 Å². The molecule has 0 saturated carbocycles. The fourth-order valence-electron chi connectivity index (χ4n) is 2.47. The van der Waals surface area contributed by atoms with Crippen LogP contribution in [0.25, 0.3) is 0 Å². The maximum atomic E-state index is 12.3. The molecule has 0 aliphatic rings. The molecule has 0 saturated heterocycles. The Morgan fingerprint density at radius 3 is 2.72 bits per heavy atom. The first-order valence-electron chi connectivity index (χ1n) is 8.45. The third-order valence-electron chi connectivity index (χ3n) is 3.86. The van der Waals surface area contributed by atoms with Crippen LogP contribution in [0.2, 0.25) is 0 Å². The van der Waals surface area contributed by atoms with Crippen LogP contribution < -0.4 is 25.7 Å². The number of aromatic nitrogens is 2. The summed E-state index contributed by atoms with van der Waals surface area (Å²) in [5.41, 5.74) is 0.478. The molecule has 0 fully saturated rings. The molecule has 2 aromatic heterocycles. The molecule has 29 heavy (non-hydrogen) atoms. The van der Waals surface area contributed by atoms with E-state index in [0.29, 0.717) is 28.0 Å². The Bertz CT molecular complexity index is 1090. The van der Waals surface area contributed by atoms with E-state index >= 15 is 0 Å². The number of ether oxygens (including phenoxy) is 2. The van der Waals surface area contributed by atoms with E-state index in [2.05, 4.69) is 20.6 Å². The quantitative estimate of drug-likeness (QED) is 0.545. The maximum Gasteiger partial charge on any atom is 0.263 e. The van der Waals surface area contributed by atoms with E-state index in [0.717, 1.165) is 11.3 Å². The number of hydrogen-bond acceptors (Lipinski definition) is 7. The molecule has 150 valence electrons. The maximum absolute atomic E-state index is 12.3. The second-order valence-electron chi connectivity index (χ2n) is 5.80. The Morgan fingerprint density at radius 1 is 1.17 bits per heavy atom. The number of pyridine rings is 1. The van der Waals surface area contributed by atoms with Crippen LogP contribution in [0.15, 0.2) is 46.7 Å². The van der Waals surface area contributed by atoms with Crippen molar-refractivity contribution in [2.75, 3.05) is 24.9 Å². The first-order valence-corrected chi connectivity index (χ1v) is 9.33. The van der Waals surface area contributed by atoms with E-state index in [1.165, 1.54) is 19.4 Å². The highest BCUT2D eigenvalue weighted by Crippen LogP contribution is 2.29. The molecule has 0 radical (unpaired) electrons. The standard InChI is InChI=1S/C19H18N4O5S/c1-27-12-5-6-14(15(9-12)28-2)22-16(24)8-11-10-29-19(21-11)23-18(26)13-4-3-7-20-17(13)25/h3-7,9-10H,8H2,1-2H3,(H,20,25)(H,22,24)(H,21,23,26). The Kier molecular flexibility index (Phi) is 6.25. The summed E-state index contributed by atoms with van der Waals surface area (Å²) in [4.78, 5) is 42.8. The number of rotatable bonds is 7. The third-order valence-corrected chi connectivity index (χ3v) is 4.67. The number of nitrogens with zero attached hydrogens (tertiary/aromatic N) is 1. The van der Waals surface area contributed by atoms with E-state index in [1.807, 2.05) is 0 Å². The van der Waals surface area contributed by atoms with Gasteiger partial charge < -0.3 is 19.8 Å². The van der Waals surface area contributed by atoms with Gasteiger partial charge in [-0.1, -0.05) is 0 Å². The van der Waals surface area contributed by atoms with Crippen molar-refractivity contribution < 1.29 is 19.1 Å². The Labute approximate surface area is 169 Å². The van der Waals surface area contributed by atoms with Crippen molar-refractivity contribution in [2.45, 2.75) is 6.42 Å². The number of aromatic amines is 1. The van der Waals surface area contributed by atoms with Crippen LogP contribution in [-0.2, 0) is 11.2 Å². The lowest BCUT2D eigenvalue weighted by Crippen LogP contribution is -2.22. The number of carbonyl (C=O) groups is 2. The molecule has 0 aliphatic heterocycles. The van der Waals surface area contributed by atoms with E-state index in [9.17, 15) is 14.4 Å². The Hall–Kier alpha value is -3.66. The molecule has 0 bridgehead atoms. The van der Waals surface area contributed by atoms with Crippen molar-refractivity contribution in [2.24, 2.45) is 0 Å². The van der Waals surface area contributed by atoms with Crippen LogP contribution >= 0.6 is 11.3 Å². The van der Waals surface area contributed by atoms with Gasteiger partial charge in [-0.3, -0.25) is 19.7 Å². The summed E-state index contributed by atoms with van der Waals surface area (Å²) in [6.45, 7) is 0. The van der Waals surface area contributed by atoms with Crippen molar-refractivity contribution >= 4 is 34.0 Å². The minimum Gasteiger partial charge on any atom is -0.497 e. The number of methoxy groups -OCH3 is 2. The van der Waals surface area contributed by atoms with Crippen LogP contribution in [0, 0.1) is 0 Å². The van der Waals surface area contributed by atoms with Gasteiger partial charge in [-0.25, -0.2) is 4.98 Å². The normalized spacial score (nSPS) is 10.3. The number of hydrogen-bond donors (Lipinski definition) is 3. The summed E-state index contributed by atoms with van der Waals surface area (Å²) in [5, 5.41) is 7.27. The van der Waals surface area contributed by atoms with E-state index in [4.69, 9.17) is 9.47 Å². The molecule has 3 N–H and O–H groups in total. The monoisotopic (exact) mass is 414 g/mol. The van der Waals surface area contributed by atoms with Gasteiger partial charge >= 0.3 is 0 Å². The molecule has 2 heterocycles. The number of thiazole rings is 1. The minimum absolute atomic E-state index is 0.00741. The summed E-state index contributed by atoms with van der Waals surface area (Å²) in [5.74, 6) is 0.213. The second-order valence-corrected chi connectivity index (χ2v) is 6.66. The van der Waals surface area contributed by atoms with Crippen molar-refractivity contribution in [3.63, 3.8) is 0 Å². The lowest BCUT2D eigenvalue weighted by atomic mass is 10.2. The van der Waals surface area contributed by atoms with Gasteiger partial charge in [0.25, 0.3) is 11.5 Å². The summed E-state index contributed by atoms with van der Waals surface area (Å²) in [6, 6.07) is 8.02. The molecule has 0 unspecified atom stereocenters. The van der Waals surface area contributed by atoms with Gasteiger partial charge in [0, 0.05) is 17.6 Å². The molecule has 0 aliphatic carbocycles. The highest BCUT2D eigenvalue weighted by molar-refractivity contribution is 7.14. The van der Waals surface area contributed by atoms with Crippen LogP contribution in [0.3, 0.4) is 0 Å². The minimum atomic E-state index is -0.569. The zero-order valence-electron chi connectivity index (χ0n) is 15.6. The summed E-state index contributed by atoms with van der Waals surface area (Å²) in [6.07, 6.45) is 1.45. The SMILES string of the molecule is COc1ccc(NC(=O)Cc2csc(NC(=O)c3ccc[nH]c3=O)n2)c(OC)c1. The molecule has 9 nitrogen and oxygen atoms in total. The van der Waals surface area contributed by atoms with Crippen LogP contribution in [0.5, 0.6) is 11.5 Å². The Morgan fingerprint density at radius 2 is 2.00 bits per heavy atom. The van der Waals surface area contributed by atoms with E-state index < -0.39 is 11.5 Å². The molecule has 2 amide bonds. The molecular weight excluding hydrogens is 396 g/mol. The lowest BCUT2D eigenvalue weighted by molar-refractivity contribution is -0.115. The molecule has 0 atom stereocenters. The molecule has 0 spiro atoms. The van der Waals surface area contributed by atoms with Gasteiger partial charge in [0.2, 0.25) is 5.91 Å². The van der Waals surface area contributed by atoms with Crippen molar-refractivity contribution in [1.82, 2.24) is 9.97 Å². The predicted octanol–water partition coefficient (Wildman–Crippen LogP) is 2.28. The molecule has 3 aromatic rings. The number of benzene rings is 1. The topological polar surface area (TPSA) is 122 Å². The fourth-order valence-corrected chi connectivity index (χ4v) is 3.18. The molecule has 3 rings (SSSR count). The zero-order chi connectivity index (χ0) is 20.8. The smallest absolute Gasteiger partial charge is 0.263 e. The number of nitrogens with one attached hydrogen (secondary N) is 3. The van der Waals surface area contributed by atoms with Gasteiger partial charge in [-0.05, 0) is 24.3 Å². The van der Waals surface area contributed by atoms with Gasteiger partial charge in [0.15, 0.2) is 5.13 Å². The summed E-state index contributed by atoms with van der Waals surface area (Å²) >= 11 is 1.16. The van der Waals surface area contributed by atoms with E-state index in [1.54, 1.807) is 36.8 Å². The predicted molar refractivity (Wildman–Crippen MR) is 109 cm³/mol. The van der Waals surface area contributed by atoms with Gasteiger partial charge in [0.05, 0.1) is 32.0 Å². The summed E-state index contributed by atoms with van der Waals surface area (Å²) < 4.78 is 10.4. The molecule has 1 aromatic carbocycles. The number of amides is 2. The second kappa shape index (κ2) is 9.02. The largest absolute Gasteiger partial charge is 0.497 e. The highest BCUT2D eigenvalue weighted by Gasteiger charge is 2.14. The van der Waals surface area contributed by atoms with Crippen molar-refractivity contribution in [3.05, 3.63) is 63.5 Å². The van der Waals surface area contributed by atoms with Crippen LogP contribution in [-0.4, -0.2) is 36.0 Å². The third kappa shape index (κ3) is 4.99.